The van der Waals surface area contributed by atoms with Gasteiger partial charge in [0, 0.05) is 10.1 Å². The monoisotopic (exact) mass is 585 g/mol. The van der Waals surface area contributed by atoms with Crippen LogP contribution in [-0.4, -0.2) is 54.2 Å². The normalized spacial score (nSPS) is 28.2. The molecule has 2 saturated heterocycles. The topological polar surface area (TPSA) is 121 Å². The van der Waals surface area contributed by atoms with Gasteiger partial charge in [-0.1, -0.05) is 12.1 Å². The van der Waals surface area contributed by atoms with Crippen LogP contribution in [0.15, 0.2) is 30.6 Å². The molecule has 2 N–H and O–H groups in total. The lowest BCUT2D eigenvalue weighted by Crippen LogP contribution is -2.43. The minimum Gasteiger partial charge on any atom is -0.479 e. The van der Waals surface area contributed by atoms with E-state index in [0.29, 0.717) is 23.5 Å². The summed E-state index contributed by atoms with van der Waals surface area (Å²) in [5, 5.41) is 13.0. The second-order valence-corrected chi connectivity index (χ2v) is 10.2. The predicted octanol–water partition coefficient (Wildman–Crippen LogP) is 3.59. The van der Waals surface area contributed by atoms with Gasteiger partial charge in [-0.15, -0.1) is 0 Å². The van der Waals surface area contributed by atoms with E-state index in [1.807, 2.05) is 18.2 Å². The third-order valence-corrected chi connectivity index (χ3v) is 6.56. The van der Waals surface area contributed by atoms with Gasteiger partial charge in [0.05, 0.1) is 6.33 Å². The number of imidazole rings is 1. The van der Waals surface area contributed by atoms with E-state index in [-0.39, 0.29) is 5.28 Å². The second-order valence-electron chi connectivity index (χ2n) is 8.62. The predicted molar refractivity (Wildman–Crippen MR) is 127 cm³/mol. The third-order valence-electron chi connectivity index (χ3n) is 5.72. The van der Waals surface area contributed by atoms with Crippen LogP contribution >= 0.6 is 34.2 Å². The quantitative estimate of drug-likeness (QED) is 0.342. The molecule has 2 fully saturated rings. The van der Waals surface area contributed by atoms with Crippen molar-refractivity contribution in [2.45, 2.75) is 57.1 Å². The van der Waals surface area contributed by atoms with Crippen molar-refractivity contribution in [2.75, 3.05) is 5.32 Å². The Hall–Kier alpha value is -2.06. The first-order chi connectivity index (χ1) is 15.6. The Morgan fingerprint density at radius 1 is 1.33 bits per heavy atom. The van der Waals surface area contributed by atoms with Crippen molar-refractivity contribution in [1.29, 1.82) is 0 Å². The van der Waals surface area contributed by atoms with E-state index in [4.69, 9.17) is 25.8 Å². The Kier molecular flexibility index (Phi) is 5.52. The van der Waals surface area contributed by atoms with Crippen LogP contribution in [0.25, 0.3) is 11.2 Å². The largest absolute Gasteiger partial charge is 0.479 e. The maximum Gasteiger partial charge on any atom is 0.335 e. The van der Waals surface area contributed by atoms with E-state index in [1.165, 1.54) is 6.33 Å². The first-order valence-electron chi connectivity index (χ1n) is 10.2. The maximum absolute atomic E-state index is 11.9. The van der Waals surface area contributed by atoms with E-state index in [2.05, 4.69) is 48.9 Å². The zero-order chi connectivity index (χ0) is 23.5. The lowest BCUT2D eigenvalue weighted by molar-refractivity contribution is -0.217. The molecule has 2 aliphatic heterocycles. The van der Waals surface area contributed by atoms with Gasteiger partial charge in [-0.05, 0) is 72.7 Å². The summed E-state index contributed by atoms with van der Waals surface area (Å²) >= 11 is 8.50. The van der Waals surface area contributed by atoms with Gasteiger partial charge in [-0.2, -0.15) is 9.97 Å². The van der Waals surface area contributed by atoms with Gasteiger partial charge in [-0.25, -0.2) is 9.78 Å². The molecule has 5 rings (SSSR count). The summed E-state index contributed by atoms with van der Waals surface area (Å²) in [6, 6.07) is 8.06. The number of ether oxygens (including phenoxy) is 3. The van der Waals surface area contributed by atoms with Crippen LogP contribution in [0.4, 0.5) is 5.82 Å². The van der Waals surface area contributed by atoms with E-state index in [1.54, 1.807) is 25.3 Å². The number of hydrogen-bond acceptors (Lipinski definition) is 8. The summed E-state index contributed by atoms with van der Waals surface area (Å²) < 4.78 is 20.7. The third kappa shape index (κ3) is 3.95. The molecular weight excluding hydrogens is 565 g/mol. The number of fused-ring (bicyclic) bond motifs is 2. The number of aliphatic carboxylic acids is 1. The number of rotatable bonds is 5. The van der Waals surface area contributed by atoms with Crippen molar-refractivity contribution in [1.82, 2.24) is 19.5 Å². The lowest BCUT2D eigenvalue weighted by atomic mass is 9.96. The molecular formula is C21H21ClIN5O5. The number of carboxylic acid groups (broad SMARTS) is 1. The van der Waals surface area contributed by atoms with Gasteiger partial charge < -0.3 is 24.6 Å². The number of halogens is 2. The van der Waals surface area contributed by atoms with Gasteiger partial charge in [0.2, 0.25) is 5.28 Å². The van der Waals surface area contributed by atoms with Gasteiger partial charge in [-0.3, -0.25) is 4.57 Å². The van der Waals surface area contributed by atoms with Gasteiger partial charge in [0.15, 0.2) is 35.1 Å². The standard InChI is InChI=1S/C21H21ClIN5O5/c1-20(2)32-14-13(17(29)30)31-18(21(14,3)33-20)28-9-25-12-15(26-19(22)27-16(12)28)24-8-10-5-4-6-11(23)7-10/h4-7,9,13-14,18H,8H2,1-3H3,(H,29,30)(H,24,26,27)/t13-,14+,18+,21+/m0/s1. The fourth-order valence-electron chi connectivity index (χ4n) is 4.48. The summed E-state index contributed by atoms with van der Waals surface area (Å²) in [6.45, 7) is 5.76. The van der Waals surface area contributed by atoms with Crippen LogP contribution in [0.3, 0.4) is 0 Å². The molecule has 2 aromatic heterocycles. The van der Waals surface area contributed by atoms with E-state index in [9.17, 15) is 9.90 Å². The average Bonchev–Trinajstić information content (AvgIpc) is 3.32. The van der Waals surface area contributed by atoms with Gasteiger partial charge in [0.25, 0.3) is 0 Å². The van der Waals surface area contributed by atoms with Crippen LogP contribution < -0.4 is 5.32 Å². The molecule has 2 aliphatic rings. The van der Waals surface area contributed by atoms with Crippen LogP contribution in [0.1, 0.15) is 32.6 Å². The van der Waals surface area contributed by atoms with Crippen molar-refractivity contribution in [3.63, 3.8) is 0 Å². The van der Waals surface area contributed by atoms with Crippen LogP contribution in [0, 0.1) is 3.57 Å². The van der Waals surface area contributed by atoms with Gasteiger partial charge >= 0.3 is 5.97 Å². The summed E-state index contributed by atoms with van der Waals surface area (Å²) in [4.78, 5) is 25.0. The summed E-state index contributed by atoms with van der Waals surface area (Å²) in [5.74, 6) is -1.65. The molecule has 0 amide bonds. The van der Waals surface area contributed by atoms with Crippen LogP contribution in [-0.2, 0) is 25.5 Å². The number of nitrogens with zero attached hydrogens (tertiary/aromatic N) is 4. The van der Waals surface area contributed by atoms with Crippen molar-refractivity contribution >= 4 is 57.1 Å². The molecule has 33 heavy (non-hydrogen) atoms. The van der Waals surface area contributed by atoms with Crippen molar-refractivity contribution in [3.05, 3.63) is 45.0 Å². The van der Waals surface area contributed by atoms with Crippen molar-refractivity contribution in [2.24, 2.45) is 0 Å². The number of carboxylic acids is 1. The van der Waals surface area contributed by atoms with E-state index in [0.717, 1.165) is 9.13 Å². The zero-order valence-electron chi connectivity index (χ0n) is 18.0. The number of benzene rings is 1. The molecule has 174 valence electrons. The highest BCUT2D eigenvalue weighted by Crippen LogP contribution is 2.51. The number of carbonyl (C=O) groups is 1. The molecule has 0 spiro atoms. The Morgan fingerprint density at radius 3 is 2.85 bits per heavy atom. The molecule has 4 atom stereocenters. The summed E-state index contributed by atoms with van der Waals surface area (Å²) in [7, 11) is 0. The molecule has 3 aromatic rings. The zero-order valence-corrected chi connectivity index (χ0v) is 20.9. The molecule has 4 heterocycles. The molecule has 0 radical (unpaired) electrons. The lowest BCUT2D eigenvalue weighted by Gasteiger charge is -2.30. The molecule has 10 nitrogen and oxygen atoms in total. The molecule has 12 heteroatoms. The first-order valence-corrected chi connectivity index (χ1v) is 11.7. The van der Waals surface area contributed by atoms with Crippen molar-refractivity contribution < 1.29 is 24.1 Å². The van der Waals surface area contributed by atoms with Gasteiger partial charge in [0.1, 0.15) is 11.7 Å². The Balaban J connectivity index is 1.52. The number of aromatic nitrogens is 4. The smallest absolute Gasteiger partial charge is 0.335 e. The number of hydrogen-bond donors (Lipinski definition) is 2. The van der Waals surface area contributed by atoms with Crippen LogP contribution in [0.2, 0.25) is 5.28 Å². The molecule has 1 aromatic carbocycles. The molecule has 0 saturated carbocycles. The number of nitrogens with one attached hydrogen (secondary N) is 1. The average molecular weight is 586 g/mol. The highest BCUT2D eigenvalue weighted by Gasteiger charge is 2.66. The van der Waals surface area contributed by atoms with E-state index >= 15 is 0 Å². The Bertz CT molecular complexity index is 1250. The fraction of sp³-hybridized carbons (Fsp3) is 0.429. The first kappa shape index (κ1) is 22.7. The minimum atomic E-state index is -1.21. The SMILES string of the molecule is CC1(C)O[C@@H]2[C@@H](C(=O)O)O[C@@H](n3cnc4c(NCc5cccc(I)c5)nc(Cl)nc43)[C@]2(C)O1. The fourth-order valence-corrected chi connectivity index (χ4v) is 5.25. The Labute approximate surface area is 207 Å². The number of anilines is 1. The maximum atomic E-state index is 11.9. The second kappa shape index (κ2) is 8.01. The van der Waals surface area contributed by atoms with Crippen LogP contribution in [0.5, 0.6) is 0 Å². The highest BCUT2D eigenvalue weighted by molar-refractivity contribution is 14.1. The summed E-state index contributed by atoms with van der Waals surface area (Å²) in [5.41, 5.74) is 0.850. The Morgan fingerprint density at radius 2 is 2.12 bits per heavy atom. The molecule has 0 unspecified atom stereocenters. The van der Waals surface area contributed by atoms with Crippen molar-refractivity contribution in [3.8, 4) is 0 Å². The molecule has 0 bridgehead atoms. The summed E-state index contributed by atoms with van der Waals surface area (Å²) in [6.07, 6.45) is -1.36. The highest BCUT2D eigenvalue weighted by atomic mass is 127. The minimum absolute atomic E-state index is 0.0211. The van der Waals surface area contributed by atoms with E-state index < -0.39 is 35.8 Å². The molecule has 0 aliphatic carbocycles.